The van der Waals surface area contributed by atoms with Gasteiger partial charge in [0.1, 0.15) is 17.1 Å². The highest BCUT2D eigenvalue weighted by atomic mass is 32.1. The zero-order chi connectivity index (χ0) is 27.5. The second kappa shape index (κ2) is 10.6. The molecular weight excluding hydrogens is 522 g/mol. The number of ether oxygens (including phenoxy) is 1. The number of benzene rings is 3. The summed E-state index contributed by atoms with van der Waals surface area (Å²) in [5.74, 6) is 0.0300. The molecule has 2 heterocycles. The van der Waals surface area contributed by atoms with E-state index < -0.39 is 16.5 Å². The van der Waals surface area contributed by atoms with Crippen LogP contribution in [-0.4, -0.2) is 23.1 Å². The van der Waals surface area contributed by atoms with Gasteiger partial charge in [0, 0.05) is 23.1 Å². The molecule has 194 valence electrons. The molecule has 0 unspecified atom stereocenters. The zero-order valence-electron chi connectivity index (χ0n) is 20.3. The van der Waals surface area contributed by atoms with Crippen LogP contribution in [0.5, 0.6) is 5.75 Å². The topological polar surface area (TPSA) is 137 Å². The van der Waals surface area contributed by atoms with Crippen molar-refractivity contribution in [3.05, 3.63) is 111 Å². The summed E-state index contributed by atoms with van der Waals surface area (Å²) in [5.41, 5.74) is 1.64. The number of anilines is 1. The second-order valence-corrected chi connectivity index (χ2v) is 8.69. The van der Waals surface area contributed by atoms with Crippen LogP contribution in [0.3, 0.4) is 0 Å². The number of hydrogen-bond acceptors (Lipinski definition) is 8. The van der Waals surface area contributed by atoms with E-state index in [2.05, 4.69) is 10.6 Å². The normalized spacial score (nSPS) is 10.7. The van der Waals surface area contributed by atoms with E-state index in [9.17, 15) is 19.7 Å². The van der Waals surface area contributed by atoms with Gasteiger partial charge in [0.25, 0.3) is 11.6 Å². The van der Waals surface area contributed by atoms with Crippen LogP contribution in [0.2, 0.25) is 0 Å². The quantitative estimate of drug-likeness (QED) is 0.119. The summed E-state index contributed by atoms with van der Waals surface area (Å²) >= 11 is 5.32. The van der Waals surface area contributed by atoms with Gasteiger partial charge in [-0.2, -0.15) is 0 Å². The standard InChI is InChI=1S/C28H19N3O7S/c1-36-24-10-9-16(20-14-18-5-2-3-8-22(18)38-27(20)33)15-21(24)29-28(39)30-26(32)25-12-11-23(37-25)17-6-4-7-19(13-17)31(34)35/h2-15H,1H3,(H2,29,30,32,39). The van der Waals surface area contributed by atoms with Crippen LogP contribution < -0.4 is 21.0 Å². The number of hydrogen-bond donors (Lipinski definition) is 2. The molecule has 0 fully saturated rings. The fourth-order valence-corrected chi connectivity index (χ4v) is 4.15. The molecule has 3 aromatic carbocycles. The first-order chi connectivity index (χ1) is 18.8. The van der Waals surface area contributed by atoms with Gasteiger partial charge < -0.3 is 18.9 Å². The molecule has 5 aromatic rings. The average molecular weight is 542 g/mol. The molecule has 0 spiro atoms. The van der Waals surface area contributed by atoms with Crippen molar-refractivity contribution in [3.8, 4) is 28.2 Å². The maximum absolute atomic E-state index is 12.8. The van der Waals surface area contributed by atoms with Gasteiger partial charge in [-0.3, -0.25) is 20.2 Å². The molecule has 0 aliphatic heterocycles. The molecule has 1 amide bonds. The molecule has 0 saturated carbocycles. The van der Waals surface area contributed by atoms with Crippen LogP contribution in [0.1, 0.15) is 10.6 Å². The molecule has 11 heteroatoms. The van der Waals surface area contributed by atoms with Gasteiger partial charge in [-0.25, -0.2) is 4.79 Å². The van der Waals surface area contributed by atoms with Crippen LogP contribution in [0.15, 0.2) is 98.6 Å². The van der Waals surface area contributed by atoms with Crippen LogP contribution in [0, 0.1) is 10.1 Å². The Morgan fingerprint density at radius 2 is 1.77 bits per heavy atom. The number of carbonyl (C=O) groups is 1. The predicted octanol–water partition coefficient (Wildman–Crippen LogP) is 5.76. The Hall–Kier alpha value is -5.29. The Bertz CT molecular complexity index is 1810. The Morgan fingerprint density at radius 1 is 0.949 bits per heavy atom. The summed E-state index contributed by atoms with van der Waals surface area (Å²) in [5, 5.41) is 17.2. The number of fused-ring (bicyclic) bond motifs is 1. The lowest BCUT2D eigenvalue weighted by Gasteiger charge is -2.14. The number of nitro groups is 1. The van der Waals surface area contributed by atoms with E-state index in [0.29, 0.717) is 33.7 Å². The van der Waals surface area contributed by atoms with Crippen molar-refractivity contribution < 1.29 is 23.3 Å². The summed E-state index contributed by atoms with van der Waals surface area (Å²) in [6, 6.07) is 22.8. The van der Waals surface area contributed by atoms with Crippen molar-refractivity contribution in [2.45, 2.75) is 0 Å². The summed E-state index contributed by atoms with van der Waals surface area (Å²) in [6.07, 6.45) is 0. The van der Waals surface area contributed by atoms with E-state index in [1.807, 2.05) is 12.1 Å². The van der Waals surface area contributed by atoms with Crippen molar-refractivity contribution in [1.29, 1.82) is 0 Å². The monoisotopic (exact) mass is 541 g/mol. The number of methoxy groups -OCH3 is 1. The summed E-state index contributed by atoms with van der Waals surface area (Å²) in [6.45, 7) is 0. The molecule has 2 aromatic heterocycles. The molecule has 39 heavy (non-hydrogen) atoms. The highest BCUT2D eigenvalue weighted by Crippen LogP contribution is 2.31. The number of para-hydroxylation sites is 1. The van der Waals surface area contributed by atoms with Crippen LogP contribution in [0.4, 0.5) is 11.4 Å². The molecule has 0 radical (unpaired) electrons. The highest BCUT2D eigenvalue weighted by Gasteiger charge is 2.17. The highest BCUT2D eigenvalue weighted by molar-refractivity contribution is 7.80. The predicted molar refractivity (Wildman–Crippen MR) is 149 cm³/mol. The lowest BCUT2D eigenvalue weighted by molar-refractivity contribution is -0.384. The van der Waals surface area contributed by atoms with Gasteiger partial charge in [0.05, 0.1) is 23.3 Å². The molecule has 0 bridgehead atoms. The number of nitro benzene ring substituents is 1. The van der Waals surface area contributed by atoms with Crippen molar-refractivity contribution in [1.82, 2.24) is 5.32 Å². The largest absolute Gasteiger partial charge is 0.495 e. The van der Waals surface area contributed by atoms with Crippen LogP contribution in [0.25, 0.3) is 33.4 Å². The third-order valence-electron chi connectivity index (χ3n) is 5.80. The lowest BCUT2D eigenvalue weighted by Crippen LogP contribution is -2.34. The summed E-state index contributed by atoms with van der Waals surface area (Å²) < 4.78 is 16.4. The molecule has 10 nitrogen and oxygen atoms in total. The van der Waals surface area contributed by atoms with Crippen LogP contribution >= 0.6 is 12.2 Å². The van der Waals surface area contributed by atoms with Gasteiger partial charge in [-0.15, -0.1) is 0 Å². The van der Waals surface area contributed by atoms with Crippen LogP contribution in [-0.2, 0) is 0 Å². The number of carbonyl (C=O) groups excluding carboxylic acids is 1. The van der Waals surface area contributed by atoms with E-state index in [-0.39, 0.29) is 22.3 Å². The number of furan rings is 1. The average Bonchev–Trinajstić information content (AvgIpc) is 3.43. The number of thiocarbonyl (C=S) groups is 1. The first kappa shape index (κ1) is 25.4. The Kier molecular flexibility index (Phi) is 6.89. The third-order valence-corrected chi connectivity index (χ3v) is 6.00. The van der Waals surface area contributed by atoms with Crippen molar-refractivity contribution in [3.63, 3.8) is 0 Å². The van der Waals surface area contributed by atoms with Gasteiger partial charge in [0.2, 0.25) is 0 Å². The van der Waals surface area contributed by atoms with Crippen molar-refractivity contribution >= 4 is 45.6 Å². The minimum absolute atomic E-state index is 0.0462. The first-order valence-corrected chi connectivity index (χ1v) is 11.9. The first-order valence-electron chi connectivity index (χ1n) is 11.5. The minimum atomic E-state index is -0.630. The van der Waals surface area contributed by atoms with Gasteiger partial charge in [0.15, 0.2) is 10.9 Å². The smallest absolute Gasteiger partial charge is 0.344 e. The molecule has 5 rings (SSSR count). The Morgan fingerprint density at radius 3 is 2.56 bits per heavy atom. The fraction of sp³-hybridized carbons (Fsp3) is 0.0357. The summed E-state index contributed by atoms with van der Waals surface area (Å²) in [7, 11) is 1.48. The van der Waals surface area contributed by atoms with E-state index in [4.69, 9.17) is 25.8 Å². The zero-order valence-corrected chi connectivity index (χ0v) is 21.1. The maximum Gasteiger partial charge on any atom is 0.344 e. The SMILES string of the molecule is COc1ccc(-c2cc3ccccc3oc2=O)cc1NC(=S)NC(=O)c1ccc(-c2cccc([N+](=O)[O-])c2)o1. The van der Waals surface area contributed by atoms with Crippen molar-refractivity contribution in [2.75, 3.05) is 12.4 Å². The fourth-order valence-electron chi connectivity index (χ4n) is 3.94. The number of nitrogens with zero attached hydrogens (tertiary/aromatic N) is 1. The molecule has 2 N–H and O–H groups in total. The van der Waals surface area contributed by atoms with E-state index >= 15 is 0 Å². The third kappa shape index (κ3) is 5.38. The number of rotatable bonds is 6. The molecule has 0 aliphatic carbocycles. The van der Waals surface area contributed by atoms with Gasteiger partial charge >= 0.3 is 5.63 Å². The van der Waals surface area contributed by atoms with Gasteiger partial charge in [-0.05, 0) is 54.2 Å². The minimum Gasteiger partial charge on any atom is -0.495 e. The van der Waals surface area contributed by atoms with Crippen molar-refractivity contribution in [2.24, 2.45) is 0 Å². The Labute approximate surface area is 226 Å². The second-order valence-electron chi connectivity index (χ2n) is 8.28. The maximum atomic E-state index is 12.8. The lowest BCUT2D eigenvalue weighted by atomic mass is 10.0. The number of amides is 1. The molecular formula is C28H19N3O7S. The number of nitrogens with one attached hydrogen (secondary N) is 2. The van der Waals surface area contributed by atoms with E-state index in [1.165, 1.54) is 37.4 Å². The number of non-ortho nitro benzene ring substituents is 1. The van der Waals surface area contributed by atoms with E-state index in [0.717, 1.165) is 5.39 Å². The van der Waals surface area contributed by atoms with E-state index in [1.54, 1.807) is 42.5 Å². The summed E-state index contributed by atoms with van der Waals surface area (Å²) in [4.78, 5) is 35.9. The van der Waals surface area contributed by atoms with Gasteiger partial charge in [-0.1, -0.05) is 36.4 Å². The molecule has 0 atom stereocenters. The molecule has 0 aliphatic rings. The molecule has 0 saturated heterocycles. The Balaban J connectivity index is 1.34.